The number of amides is 1. The van der Waals surface area contributed by atoms with Crippen LogP contribution in [-0.2, 0) is 29.7 Å². The zero-order valence-corrected chi connectivity index (χ0v) is 23.6. The maximum atomic E-state index is 12.7. The van der Waals surface area contributed by atoms with Crippen molar-refractivity contribution >= 4 is 28.9 Å². The number of pyridine rings is 1. The molecule has 0 spiro atoms. The lowest BCUT2D eigenvalue weighted by Gasteiger charge is -2.39. The third-order valence-electron chi connectivity index (χ3n) is 8.67. The number of carbonyl (C=O) groups is 1. The minimum Gasteiger partial charge on any atom is -0.373 e. The van der Waals surface area contributed by atoms with E-state index in [9.17, 15) is 4.79 Å². The van der Waals surface area contributed by atoms with Crippen LogP contribution in [-0.4, -0.2) is 102 Å². The molecule has 6 heterocycles. The highest BCUT2D eigenvalue weighted by atomic mass is 16.5. The van der Waals surface area contributed by atoms with Crippen molar-refractivity contribution < 1.29 is 9.53 Å². The number of piperidine rings is 1. The maximum Gasteiger partial charge on any atom is 0.247 e. The van der Waals surface area contributed by atoms with Crippen LogP contribution in [0, 0.1) is 11.8 Å². The fourth-order valence-corrected chi connectivity index (χ4v) is 6.51. The lowest BCUT2D eigenvalue weighted by molar-refractivity contribution is -0.133. The predicted octanol–water partition coefficient (Wildman–Crippen LogP) is 1.61. The average molecular weight is 560 g/mol. The zero-order valence-electron chi connectivity index (χ0n) is 23.6. The van der Waals surface area contributed by atoms with E-state index in [0.29, 0.717) is 24.4 Å². The van der Waals surface area contributed by atoms with Crippen molar-refractivity contribution in [2.75, 3.05) is 56.5 Å². The summed E-state index contributed by atoms with van der Waals surface area (Å²) in [6.45, 7) is 6.03. The van der Waals surface area contributed by atoms with Gasteiger partial charge in [0.25, 0.3) is 0 Å². The number of hydrogen-bond donors (Lipinski definition) is 1. The second-order valence-electron chi connectivity index (χ2n) is 11.6. The Bertz CT molecular complexity index is 1500. The third kappa shape index (κ3) is 5.38. The van der Waals surface area contributed by atoms with Crippen LogP contribution >= 0.6 is 0 Å². The minimum atomic E-state index is 0.0865. The molecule has 1 aliphatic carbocycles. The Labute approximate surface area is 238 Å². The van der Waals surface area contributed by atoms with Crippen molar-refractivity contribution in [3.05, 3.63) is 48.7 Å². The first-order valence-electron chi connectivity index (χ1n) is 14.4. The summed E-state index contributed by atoms with van der Waals surface area (Å²) in [5.41, 5.74) is 3.78. The van der Waals surface area contributed by atoms with Gasteiger partial charge in [-0.2, -0.15) is 15.2 Å². The monoisotopic (exact) mass is 559 g/mol. The summed E-state index contributed by atoms with van der Waals surface area (Å²) >= 11 is 0. The number of nitrogens with one attached hydrogen (secondary N) is 1. The highest BCUT2D eigenvalue weighted by Crippen LogP contribution is 2.41. The van der Waals surface area contributed by atoms with Crippen molar-refractivity contribution in [3.63, 3.8) is 0 Å². The first kappa shape index (κ1) is 26.0. The second-order valence-corrected chi connectivity index (χ2v) is 11.6. The molecular weight excluding hydrogens is 522 g/mol. The number of anilines is 3. The van der Waals surface area contributed by atoms with E-state index in [-0.39, 0.29) is 18.6 Å². The van der Waals surface area contributed by atoms with Crippen LogP contribution in [0.15, 0.2) is 43.1 Å². The zero-order chi connectivity index (χ0) is 27.9. The molecule has 1 amide bonds. The summed E-state index contributed by atoms with van der Waals surface area (Å²) in [5, 5.41) is 16.6. The Morgan fingerprint density at radius 3 is 2.61 bits per heavy atom. The number of aryl methyl sites for hydroxylation is 1. The van der Waals surface area contributed by atoms with Gasteiger partial charge in [-0.3, -0.25) is 14.2 Å². The highest BCUT2D eigenvalue weighted by molar-refractivity contribution is 5.76. The Kier molecular flexibility index (Phi) is 6.83. The van der Waals surface area contributed by atoms with E-state index in [0.717, 1.165) is 61.9 Å². The molecular formula is C28H37N11O2. The Morgan fingerprint density at radius 2 is 1.85 bits per heavy atom. The van der Waals surface area contributed by atoms with Gasteiger partial charge in [-0.1, -0.05) is 0 Å². The Morgan fingerprint density at radius 1 is 1.05 bits per heavy atom. The van der Waals surface area contributed by atoms with Crippen molar-refractivity contribution in [2.24, 2.45) is 18.9 Å². The van der Waals surface area contributed by atoms with Crippen molar-refractivity contribution in [2.45, 2.75) is 32.1 Å². The summed E-state index contributed by atoms with van der Waals surface area (Å²) in [6, 6.07) is 4.15. The molecule has 2 aliphatic heterocycles. The second kappa shape index (κ2) is 10.8. The summed E-state index contributed by atoms with van der Waals surface area (Å²) < 4.78 is 11.7. The molecule has 3 aliphatic rings. The number of nitrogens with zero attached hydrogens (tertiary/aromatic N) is 10. The van der Waals surface area contributed by atoms with Gasteiger partial charge in [0.1, 0.15) is 6.54 Å². The van der Waals surface area contributed by atoms with Gasteiger partial charge in [-0.25, -0.2) is 4.52 Å². The molecule has 1 saturated carbocycles. The Hall–Kier alpha value is -3.97. The first-order chi connectivity index (χ1) is 20.0. The minimum absolute atomic E-state index is 0.0865. The molecule has 216 valence electrons. The van der Waals surface area contributed by atoms with Gasteiger partial charge in [0.15, 0.2) is 5.65 Å². The third-order valence-corrected chi connectivity index (χ3v) is 8.67. The first-order valence-corrected chi connectivity index (χ1v) is 14.4. The standard InChI is InChI=1S/C28H37N11O2/c1-34-8-10-36(11-9-34)25(40)18-38-17-23(13-30-38)31-28-32-27-24(4-3-7-39(27)33-28)37-15-21-5-6-22(16-37)26(21)41-19-20-12-29-35(2)14-20/h3-4,7,12-14,17,21-22,26H,5-6,8-11,15-16,18-19H2,1-2H3,(H,31,33). The van der Waals surface area contributed by atoms with Crippen molar-refractivity contribution in [1.82, 2.24) is 44.0 Å². The van der Waals surface area contributed by atoms with Crippen LogP contribution in [0.5, 0.6) is 0 Å². The van der Waals surface area contributed by atoms with E-state index in [1.54, 1.807) is 10.9 Å². The molecule has 2 unspecified atom stereocenters. The number of carbonyl (C=O) groups excluding carboxylic acids is 1. The van der Waals surface area contributed by atoms with Crippen molar-refractivity contribution in [1.29, 1.82) is 0 Å². The van der Waals surface area contributed by atoms with E-state index in [4.69, 9.17) is 9.72 Å². The van der Waals surface area contributed by atoms with Crippen LogP contribution < -0.4 is 10.2 Å². The van der Waals surface area contributed by atoms with Crippen molar-refractivity contribution in [3.8, 4) is 0 Å². The van der Waals surface area contributed by atoms with Gasteiger partial charge < -0.3 is 24.8 Å². The smallest absolute Gasteiger partial charge is 0.247 e. The number of likely N-dealkylation sites (N-methyl/N-ethyl adjacent to an activating group) is 1. The number of aromatic nitrogens is 7. The molecule has 0 aromatic carbocycles. The molecule has 41 heavy (non-hydrogen) atoms. The lowest BCUT2D eigenvalue weighted by Crippen LogP contribution is -2.48. The van der Waals surface area contributed by atoms with Crippen LogP contribution in [0.3, 0.4) is 0 Å². The molecule has 3 fully saturated rings. The molecule has 2 saturated heterocycles. The number of hydrogen-bond acceptors (Lipinski definition) is 9. The summed E-state index contributed by atoms with van der Waals surface area (Å²) in [6.07, 6.45) is 12.0. The molecule has 4 aromatic rings. The fraction of sp³-hybridized carbons (Fsp3) is 0.536. The van der Waals surface area contributed by atoms with E-state index < -0.39 is 0 Å². The molecule has 13 heteroatoms. The van der Waals surface area contributed by atoms with Gasteiger partial charge in [0, 0.05) is 82.3 Å². The molecule has 1 N–H and O–H groups in total. The van der Waals surface area contributed by atoms with E-state index in [1.165, 1.54) is 12.8 Å². The molecule has 0 radical (unpaired) electrons. The average Bonchev–Trinajstić information content (AvgIpc) is 3.74. The summed E-state index contributed by atoms with van der Waals surface area (Å²) in [7, 11) is 4.01. The van der Waals surface area contributed by atoms with E-state index >= 15 is 0 Å². The molecule has 4 aromatic heterocycles. The largest absolute Gasteiger partial charge is 0.373 e. The molecule has 2 atom stereocenters. The lowest BCUT2D eigenvalue weighted by atomic mass is 9.94. The number of fused-ring (bicyclic) bond motifs is 3. The topological polar surface area (TPSA) is 114 Å². The van der Waals surface area contributed by atoms with Gasteiger partial charge >= 0.3 is 0 Å². The van der Waals surface area contributed by atoms with Gasteiger partial charge in [0.2, 0.25) is 11.9 Å². The molecule has 7 rings (SSSR count). The van der Waals surface area contributed by atoms with Gasteiger partial charge in [0.05, 0.1) is 36.5 Å². The molecule has 13 nitrogen and oxygen atoms in total. The van der Waals surface area contributed by atoms with Gasteiger partial charge in [-0.05, 0) is 32.0 Å². The SMILES string of the molecule is CN1CCN(C(=O)Cn2cc(Nc3nc4c(N5CC6CCC(C5)C6OCc5cnn(C)c5)cccn4n3)cn2)CC1. The number of piperazine rings is 1. The van der Waals surface area contributed by atoms with E-state index in [2.05, 4.69) is 43.5 Å². The maximum absolute atomic E-state index is 12.7. The van der Waals surface area contributed by atoms with Crippen LogP contribution in [0.2, 0.25) is 0 Å². The van der Waals surface area contributed by atoms with Crippen LogP contribution in [0.25, 0.3) is 5.65 Å². The quantitative estimate of drug-likeness (QED) is 0.344. The van der Waals surface area contributed by atoms with Crippen LogP contribution in [0.1, 0.15) is 18.4 Å². The van der Waals surface area contributed by atoms with E-state index in [1.807, 2.05) is 52.0 Å². The fourth-order valence-electron chi connectivity index (χ4n) is 6.51. The summed E-state index contributed by atoms with van der Waals surface area (Å²) in [4.78, 5) is 24.1. The number of ether oxygens (including phenoxy) is 1. The van der Waals surface area contributed by atoms with Gasteiger partial charge in [-0.15, -0.1) is 5.10 Å². The predicted molar refractivity (Wildman–Crippen MR) is 153 cm³/mol. The highest BCUT2D eigenvalue weighted by Gasteiger charge is 2.43. The Balaban J connectivity index is 1.00. The number of rotatable bonds is 8. The summed E-state index contributed by atoms with van der Waals surface area (Å²) in [5.74, 6) is 1.57. The normalized spacial score (nSPS) is 23.0. The molecule has 2 bridgehead atoms. The van der Waals surface area contributed by atoms with Crippen LogP contribution in [0.4, 0.5) is 17.3 Å².